The smallest absolute Gasteiger partial charge is 0.0448 e. The summed E-state index contributed by atoms with van der Waals surface area (Å²) in [5.41, 5.74) is 0.666. The first-order valence-electron chi connectivity index (χ1n) is 5.75. The highest BCUT2D eigenvalue weighted by atomic mass is 16.3. The van der Waals surface area contributed by atoms with Crippen molar-refractivity contribution in [2.75, 3.05) is 13.7 Å². The van der Waals surface area contributed by atoms with Crippen molar-refractivity contribution in [2.24, 2.45) is 11.3 Å². The molecule has 1 aliphatic carbocycles. The van der Waals surface area contributed by atoms with Crippen molar-refractivity contribution in [1.29, 1.82) is 0 Å². The van der Waals surface area contributed by atoms with Crippen molar-refractivity contribution in [3.8, 4) is 0 Å². The average Bonchev–Trinajstić information content (AvgIpc) is 2.10. The molecule has 84 valence electrons. The van der Waals surface area contributed by atoms with Gasteiger partial charge in [0.1, 0.15) is 0 Å². The van der Waals surface area contributed by atoms with E-state index in [1.54, 1.807) is 0 Å². The molecule has 0 saturated heterocycles. The molecule has 0 aliphatic heterocycles. The number of aliphatic hydroxyl groups excluding tert-OH is 1. The van der Waals surface area contributed by atoms with E-state index in [1.165, 1.54) is 19.3 Å². The molecule has 2 heteroatoms. The Morgan fingerprint density at radius 2 is 2.00 bits per heavy atom. The van der Waals surface area contributed by atoms with E-state index in [1.807, 2.05) is 7.05 Å². The van der Waals surface area contributed by atoms with Crippen molar-refractivity contribution in [3.63, 3.8) is 0 Å². The number of rotatable bonds is 3. The summed E-state index contributed by atoms with van der Waals surface area (Å²) in [6.45, 7) is 7.31. The molecule has 0 amide bonds. The van der Waals surface area contributed by atoms with Crippen molar-refractivity contribution in [2.45, 2.75) is 52.0 Å². The van der Waals surface area contributed by atoms with E-state index in [9.17, 15) is 0 Å². The van der Waals surface area contributed by atoms with Crippen LogP contribution in [0.3, 0.4) is 0 Å². The van der Waals surface area contributed by atoms with Crippen molar-refractivity contribution in [3.05, 3.63) is 0 Å². The molecule has 2 nitrogen and oxygen atoms in total. The van der Waals surface area contributed by atoms with E-state index < -0.39 is 0 Å². The minimum atomic E-state index is 0.185. The molecule has 0 radical (unpaired) electrons. The molecular formula is C12H25NO. The third-order valence-corrected chi connectivity index (χ3v) is 4.11. The maximum atomic E-state index is 9.12. The Morgan fingerprint density at radius 3 is 2.43 bits per heavy atom. The molecule has 2 N–H and O–H groups in total. The van der Waals surface area contributed by atoms with Crippen LogP contribution in [0.2, 0.25) is 0 Å². The van der Waals surface area contributed by atoms with Crippen LogP contribution in [0, 0.1) is 11.3 Å². The van der Waals surface area contributed by atoms with Gasteiger partial charge in [-0.25, -0.2) is 0 Å². The summed E-state index contributed by atoms with van der Waals surface area (Å²) in [6, 6.07) is 0. The Hall–Kier alpha value is -0.0800. The molecule has 1 aliphatic rings. The van der Waals surface area contributed by atoms with Crippen molar-refractivity contribution < 1.29 is 5.11 Å². The minimum absolute atomic E-state index is 0.185. The summed E-state index contributed by atoms with van der Waals surface area (Å²) in [4.78, 5) is 0. The van der Waals surface area contributed by atoms with E-state index in [4.69, 9.17) is 5.11 Å². The number of hydrogen-bond donors (Lipinski definition) is 2. The van der Waals surface area contributed by atoms with Crippen LogP contribution in [0.5, 0.6) is 0 Å². The second-order valence-corrected chi connectivity index (χ2v) is 5.65. The summed E-state index contributed by atoms with van der Waals surface area (Å²) in [5, 5.41) is 12.6. The summed E-state index contributed by atoms with van der Waals surface area (Å²) in [5.74, 6) is 0.656. The summed E-state index contributed by atoms with van der Waals surface area (Å²) >= 11 is 0. The van der Waals surface area contributed by atoms with E-state index in [0.717, 1.165) is 6.42 Å². The summed E-state index contributed by atoms with van der Waals surface area (Å²) < 4.78 is 0. The van der Waals surface area contributed by atoms with Gasteiger partial charge < -0.3 is 10.4 Å². The highest BCUT2D eigenvalue weighted by Crippen LogP contribution is 2.44. The standard InChI is InChI=1S/C12H25NO/c1-10-9-11(2,3)5-6-12(10,13-4)7-8-14/h10,13-14H,5-9H2,1-4H3. The van der Waals surface area contributed by atoms with Crippen LogP contribution in [-0.2, 0) is 0 Å². The van der Waals surface area contributed by atoms with Gasteiger partial charge >= 0.3 is 0 Å². The molecule has 1 rings (SSSR count). The highest BCUT2D eigenvalue weighted by molar-refractivity contribution is 4.98. The first-order valence-corrected chi connectivity index (χ1v) is 5.75. The molecule has 2 unspecified atom stereocenters. The quantitative estimate of drug-likeness (QED) is 0.730. The zero-order valence-electron chi connectivity index (χ0n) is 10.1. The van der Waals surface area contributed by atoms with Crippen LogP contribution < -0.4 is 5.32 Å². The second-order valence-electron chi connectivity index (χ2n) is 5.65. The van der Waals surface area contributed by atoms with Gasteiger partial charge in [-0.3, -0.25) is 0 Å². The lowest BCUT2D eigenvalue weighted by Gasteiger charge is -2.48. The topological polar surface area (TPSA) is 32.3 Å². The molecule has 0 aromatic rings. The van der Waals surface area contributed by atoms with Gasteiger partial charge in [0.15, 0.2) is 0 Å². The number of aliphatic hydroxyl groups is 1. The lowest BCUT2D eigenvalue weighted by Crippen LogP contribution is -2.53. The van der Waals surface area contributed by atoms with Crippen LogP contribution in [0.25, 0.3) is 0 Å². The molecule has 0 aromatic heterocycles. The van der Waals surface area contributed by atoms with Gasteiger partial charge in [-0.2, -0.15) is 0 Å². The van der Waals surface area contributed by atoms with Gasteiger partial charge in [0, 0.05) is 12.1 Å². The van der Waals surface area contributed by atoms with Crippen LogP contribution in [-0.4, -0.2) is 24.3 Å². The maximum Gasteiger partial charge on any atom is 0.0448 e. The first-order chi connectivity index (χ1) is 6.46. The van der Waals surface area contributed by atoms with E-state index in [2.05, 4.69) is 26.1 Å². The normalized spacial score (nSPS) is 37.1. The highest BCUT2D eigenvalue weighted by Gasteiger charge is 2.42. The number of nitrogens with one attached hydrogen (secondary N) is 1. The zero-order chi connectivity index (χ0) is 10.8. The Bertz CT molecular complexity index is 191. The Balaban J connectivity index is 2.71. The van der Waals surface area contributed by atoms with E-state index in [-0.39, 0.29) is 5.54 Å². The minimum Gasteiger partial charge on any atom is -0.396 e. The Kier molecular flexibility index (Phi) is 3.59. The fraction of sp³-hybridized carbons (Fsp3) is 1.00. The van der Waals surface area contributed by atoms with E-state index in [0.29, 0.717) is 17.9 Å². The largest absolute Gasteiger partial charge is 0.396 e. The monoisotopic (exact) mass is 199 g/mol. The molecule has 2 atom stereocenters. The molecular weight excluding hydrogens is 174 g/mol. The van der Waals surface area contributed by atoms with Gasteiger partial charge in [0.2, 0.25) is 0 Å². The molecule has 0 bridgehead atoms. The molecule has 1 fully saturated rings. The predicted octanol–water partition coefficient (Wildman–Crippen LogP) is 2.17. The van der Waals surface area contributed by atoms with Crippen LogP contribution in [0.15, 0.2) is 0 Å². The zero-order valence-corrected chi connectivity index (χ0v) is 10.1. The van der Waals surface area contributed by atoms with Crippen molar-refractivity contribution >= 4 is 0 Å². The van der Waals surface area contributed by atoms with Gasteiger partial charge in [0.05, 0.1) is 0 Å². The van der Waals surface area contributed by atoms with Crippen LogP contribution in [0.1, 0.15) is 46.5 Å². The molecule has 0 spiro atoms. The van der Waals surface area contributed by atoms with Crippen LogP contribution in [0.4, 0.5) is 0 Å². The Labute approximate surface area is 88.1 Å². The lowest BCUT2D eigenvalue weighted by atomic mass is 9.63. The molecule has 0 aromatic carbocycles. The van der Waals surface area contributed by atoms with Gasteiger partial charge in [-0.1, -0.05) is 20.8 Å². The van der Waals surface area contributed by atoms with E-state index >= 15 is 0 Å². The SMILES string of the molecule is CNC1(CCO)CCC(C)(C)CC1C. The lowest BCUT2D eigenvalue weighted by molar-refractivity contribution is 0.0585. The fourth-order valence-electron chi connectivity index (χ4n) is 3.00. The molecule has 0 heterocycles. The first kappa shape index (κ1) is 12.0. The maximum absolute atomic E-state index is 9.12. The van der Waals surface area contributed by atoms with Gasteiger partial charge in [0.25, 0.3) is 0 Å². The predicted molar refractivity (Wildman–Crippen MR) is 60.3 cm³/mol. The Morgan fingerprint density at radius 1 is 1.36 bits per heavy atom. The van der Waals surface area contributed by atoms with Gasteiger partial charge in [-0.05, 0) is 44.1 Å². The van der Waals surface area contributed by atoms with Gasteiger partial charge in [-0.15, -0.1) is 0 Å². The average molecular weight is 199 g/mol. The van der Waals surface area contributed by atoms with Crippen molar-refractivity contribution in [1.82, 2.24) is 5.32 Å². The summed E-state index contributed by atoms with van der Waals surface area (Å²) in [6.07, 6.45) is 4.60. The number of hydrogen-bond acceptors (Lipinski definition) is 2. The third kappa shape index (κ3) is 2.29. The van der Waals surface area contributed by atoms with Crippen LogP contribution >= 0.6 is 0 Å². The molecule has 14 heavy (non-hydrogen) atoms. The summed E-state index contributed by atoms with van der Waals surface area (Å²) in [7, 11) is 2.03. The molecule has 1 saturated carbocycles. The fourth-order valence-corrected chi connectivity index (χ4v) is 3.00. The third-order valence-electron chi connectivity index (χ3n) is 4.11. The second kappa shape index (κ2) is 4.19.